The van der Waals surface area contributed by atoms with Gasteiger partial charge in [0.15, 0.2) is 0 Å². The van der Waals surface area contributed by atoms with E-state index in [2.05, 4.69) is 11.1 Å². The fourth-order valence-electron chi connectivity index (χ4n) is 5.16. The van der Waals surface area contributed by atoms with E-state index in [4.69, 9.17) is 14.2 Å². The molecule has 2 aliphatic heterocycles. The zero-order chi connectivity index (χ0) is 22.0. The Morgan fingerprint density at radius 2 is 1.71 bits per heavy atom. The van der Waals surface area contributed by atoms with E-state index in [-0.39, 0.29) is 36.5 Å². The van der Waals surface area contributed by atoms with Crippen molar-refractivity contribution >= 4 is 6.09 Å². The maximum absolute atomic E-state index is 12.6. The van der Waals surface area contributed by atoms with Crippen molar-refractivity contribution in [1.82, 2.24) is 9.88 Å². The maximum atomic E-state index is 12.6. The van der Waals surface area contributed by atoms with Crippen LogP contribution in [0.1, 0.15) is 77.7 Å². The third-order valence-corrected chi connectivity index (χ3v) is 6.50. The van der Waals surface area contributed by atoms with Gasteiger partial charge in [-0.1, -0.05) is 0 Å². The van der Waals surface area contributed by atoms with E-state index in [0.29, 0.717) is 11.3 Å². The lowest BCUT2D eigenvalue weighted by Gasteiger charge is -2.41. The lowest BCUT2D eigenvalue weighted by molar-refractivity contribution is -0.0813. The van der Waals surface area contributed by atoms with E-state index in [0.717, 1.165) is 51.4 Å². The highest BCUT2D eigenvalue weighted by Gasteiger charge is 2.45. The number of carbonyl (C=O) groups excluding carboxylic acids is 1. The molecule has 3 aliphatic rings. The predicted octanol–water partition coefficient (Wildman–Crippen LogP) is 4.59. The third kappa shape index (κ3) is 5.30. The van der Waals surface area contributed by atoms with Gasteiger partial charge in [0, 0.05) is 24.5 Å². The maximum Gasteiger partial charge on any atom is 0.410 e. The van der Waals surface area contributed by atoms with Crippen molar-refractivity contribution in [3.63, 3.8) is 0 Å². The van der Waals surface area contributed by atoms with E-state index in [1.165, 1.54) is 0 Å². The minimum Gasteiger partial charge on any atom is -0.489 e. The molecule has 3 fully saturated rings. The van der Waals surface area contributed by atoms with Crippen LogP contribution in [0, 0.1) is 11.3 Å². The van der Waals surface area contributed by atoms with Gasteiger partial charge in [-0.2, -0.15) is 5.26 Å². The molecular formula is C24H33N3O4. The highest BCUT2D eigenvalue weighted by molar-refractivity contribution is 5.69. The minimum absolute atomic E-state index is 0.111. The molecule has 0 radical (unpaired) electrons. The highest BCUT2D eigenvalue weighted by atomic mass is 16.6. The Balaban J connectivity index is 1.25. The Morgan fingerprint density at radius 3 is 2.32 bits per heavy atom. The van der Waals surface area contributed by atoms with Crippen molar-refractivity contribution < 1.29 is 19.0 Å². The van der Waals surface area contributed by atoms with Crippen LogP contribution in [0.25, 0.3) is 0 Å². The summed E-state index contributed by atoms with van der Waals surface area (Å²) in [7, 11) is 0. The highest BCUT2D eigenvalue weighted by Crippen LogP contribution is 2.39. The van der Waals surface area contributed by atoms with Gasteiger partial charge in [0.05, 0.1) is 18.3 Å². The van der Waals surface area contributed by atoms with Gasteiger partial charge in [-0.05, 0) is 78.2 Å². The van der Waals surface area contributed by atoms with Gasteiger partial charge in [-0.15, -0.1) is 0 Å². The van der Waals surface area contributed by atoms with Crippen LogP contribution in [0.3, 0.4) is 0 Å². The molecule has 168 valence electrons. The largest absolute Gasteiger partial charge is 0.489 e. The van der Waals surface area contributed by atoms with Crippen molar-refractivity contribution in [3.8, 4) is 11.8 Å². The molecule has 1 aromatic heterocycles. The van der Waals surface area contributed by atoms with Crippen molar-refractivity contribution in [1.29, 1.82) is 5.26 Å². The monoisotopic (exact) mass is 427 g/mol. The molecule has 0 N–H and O–H groups in total. The molecule has 2 saturated heterocycles. The molecule has 7 nitrogen and oxygen atoms in total. The number of aromatic nitrogens is 1. The number of carbonyl (C=O) groups is 1. The Labute approximate surface area is 184 Å². The van der Waals surface area contributed by atoms with Crippen LogP contribution >= 0.6 is 0 Å². The van der Waals surface area contributed by atoms with Gasteiger partial charge in [-0.3, -0.25) is 4.98 Å². The summed E-state index contributed by atoms with van der Waals surface area (Å²) in [5.41, 5.74) is 0.0163. The Hall–Kier alpha value is -2.33. The zero-order valence-electron chi connectivity index (χ0n) is 18.8. The summed E-state index contributed by atoms with van der Waals surface area (Å²) < 4.78 is 18.2. The summed E-state index contributed by atoms with van der Waals surface area (Å²) in [6, 6.07) is 4.36. The molecule has 1 aliphatic carbocycles. The summed E-state index contributed by atoms with van der Waals surface area (Å²) in [4.78, 5) is 18.6. The topological polar surface area (TPSA) is 84.7 Å². The van der Waals surface area contributed by atoms with Gasteiger partial charge < -0.3 is 19.1 Å². The zero-order valence-corrected chi connectivity index (χ0v) is 18.8. The molecule has 1 saturated carbocycles. The molecule has 0 aromatic carbocycles. The molecule has 31 heavy (non-hydrogen) atoms. The van der Waals surface area contributed by atoms with Gasteiger partial charge in [0.25, 0.3) is 0 Å². The average Bonchev–Trinajstić information content (AvgIpc) is 3.00. The smallest absolute Gasteiger partial charge is 0.410 e. The standard InChI is InChI=1S/C24H33N3O4/c1-24(2,3)31-23(28)27-17-4-5-18(27)13-21(12-17)29-19-6-8-20(9-7-19)30-22-10-11-26-15-16(22)14-25/h10-11,15,17-21H,4-9,12-13H2,1-3H3. The Kier molecular flexibility index (Phi) is 6.38. The number of nitrogens with zero attached hydrogens (tertiary/aromatic N) is 3. The summed E-state index contributed by atoms with van der Waals surface area (Å²) in [5, 5.41) is 9.21. The molecule has 4 rings (SSSR count). The normalized spacial score (nSPS) is 30.5. The van der Waals surface area contributed by atoms with Crippen LogP contribution in [-0.2, 0) is 9.47 Å². The fourth-order valence-corrected chi connectivity index (χ4v) is 5.16. The Bertz CT molecular complexity index is 809. The number of ether oxygens (including phenoxy) is 3. The van der Waals surface area contributed by atoms with E-state index in [9.17, 15) is 10.1 Å². The molecule has 2 unspecified atom stereocenters. The molecule has 1 amide bonds. The summed E-state index contributed by atoms with van der Waals surface area (Å²) >= 11 is 0. The first-order chi connectivity index (χ1) is 14.8. The van der Waals surface area contributed by atoms with Crippen LogP contribution in [0.4, 0.5) is 4.79 Å². The second-order valence-electron chi connectivity index (χ2n) is 10.0. The van der Waals surface area contributed by atoms with E-state index in [1.807, 2.05) is 25.7 Å². The molecule has 1 aromatic rings. The van der Waals surface area contributed by atoms with Crippen molar-refractivity contribution in [2.24, 2.45) is 0 Å². The first-order valence-corrected chi connectivity index (χ1v) is 11.5. The van der Waals surface area contributed by atoms with E-state index >= 15 is 0 Å². The lowest BCUT2D eigenvalue weighted by atomic mass is 9.93. The molecule has 7 heteroatoms. The SMILES string of the molecule is CC(C)(C)OC(=O)N1C2CCC1CC(OC1CCC(Oc3ccncc3C#N)CC1)C2. The van der Waals surface area contributed by atoms with Crippen molar-refractivity contribution in [2.45, 2.75) is 108 Å². The third-order valence-electron chi connectivity index (χ3n) is 6.50. The van der Waals surface area contributed by atoms with Crippen LogP contribution in [0.2, 0.25) is 0 Å². The van der Waals surface area contributed by atoms with Crippen molar-refractivity contribution in [3.05, 3.63) is 24.0 Å². The first-order valence-electron chi connectivity index (χ1n) is 11.5. The van der Waals surface area contributed by atoms with Crippen molar-refractivity contribution in [2.75, 3.05) is 0 Å². The number of pyridine rings is 1. The molecule has 2 atom stereocenters. The minimum atomic E-state index is -0.463. The first kappa shape index (κ1) is 21.9. The Morgan fingerprint density at radius 1 is 1.06 bits per heavy atom. The molecule has 0 spiro atoms. The summed E-state index contributed by atoms with van der Waals surface area (Å²) in [5.74, 6) is 0.618. The predicted molar refractivity (Wildman–Crippen MR) is 115 cm³/mol. The number of fused-ring (bicyclic) bond motifs is 2. The fraction of sp³-hybridized carbons (Fsp3) is 0.708. The van der Waals surface area contributed by atoms with Crippen LogP contribution < -0.4 is 4.74 Å². The van der Waals surface area contributed by atoms with Gasteiger partial charge in [-0.25, -0.2) is 4.79 Å². The number of rotatable bonds is 4. The van der Waals surface area contributed by atoms with E-state index < -0.39 is 5.60 Å². The van der Waals surface area contributed by atoms with E-state index in [1.54, 1.807) is 18.5 Å². The van der Waals surface area contributed by atoms with Gasteiger partial charge in [0.2, 0.25) is 0 Å². The second-order valence-corrected chi connectivity index (χ2v) is 10.0. The average molecular weight is 428 g/mol. The summed E-state index contributed by atoms with van der Waals surface area (Å²) in [6.07, 6.45) is 11.2. The second kappa shape index (κ2) is 9.04. The lowest BCUT2D eigenvalue weighted by Crippen LogP contribution is -2.50. The number of nitriles is 1. The van der Waals surface area contributed by atoms with Gasteiger partial charge >= 0.3 is 6.09 Å². The van der Waals surface area contributed by atoms with Crippen LogP contribution in [0.15, 0.2) is 18.5 Å². The van der Waals surface area contributed by atoms with Crippen LogP contribution in [0.5, 0.6) is 5.75 Å². The number of amides is 1. The van der Waals surface area contributed by atoms with Gasteiger partial charge in [0.1, 0.15) is 23.0 Å². The number of hydrogen-bond acceptors (Lipinski definition) is 6. The molecule has 2 bridgehead atoms. The molecular weight excluding hydrogens is 394 g/mol. The quantitative estimate of drug-likeness (QED) is 0.699. The molecule has 3 heterocycles. The summed E-state index contributed by atoms with van der Waals surface area (Å²) in [6.45, 7) is 5.75. The number of hydrogen-bond donors (Lipinski definition) is 0. The number of piperidine rings is 1. The van der Waals surface area contributed by atoms with Crippen LogP contribution in [-0.4, -0.2) is 52.0 Å².